The van der Waals surface area contributed by atoms with Crippen LogP contribution in [0.3, 0.4) is 0 Å². The smallest absolute Gasteiger partial charge is 0.315 e. The number of primary sulfonamides is 1. The zero-order valence-electron chi connectivity index (χ0n) is 7.85. The molecule has 88 valence electrons. The van der Waals surface area contributed by atoms with E-state index in [2.05, 4.69) is 0 Å². The Bertz CT molecular complexity index is 485. The fraction of sp³-hybridized carbons (Fsp3) is 0.125. The van der Waals surface area contributed by atoms with Gasteiger partial charge in [0.05, 0.1) is 4.90 Å². The molecule has 0 spiro atoms. The van der Waals surface area contributed by atoms with Crippen LogP contribution < -0.4 is 10.5 Å². The molecule has 16 heavy (non-hydrogen) atoms. The van der Waals surface area contributed by atoms with Gasteiger partial charge in [-0.2, -0.15) is 8.78 Å². The fourth-order valence-electron chi connectivity index (χ4n) is 0.925. The third kappa shape index (κ3) is 3.24. The second-order valence-electron chi connectivity index (χ2n) is 2.86. The number of benzene rings is 1. The number of nitrogens with one attached hydrogen (secondary N) is 1. The van der Waals surface area contributed by atoms with E-state index in [0.29, 0.717) is 0 Å². The van der Waals surface area contributed by atoms with Crippen LogP contribution in [0.4, 0.5) is 14.5 Å². The second kappa shape index (κ2) is 4.54. The Balaban J connectivity index is 2.84. The van der Waals surface area contributed by atoms with Gasteiger partial charge in [0.15, 0.2) is 0 Å². The van der Waals surface area contributed by atoms with Crippen LogP contribution in [-0.2, 0) is 14.8 Å². The molecule has 1 rings (SSSR count). The highest BCUT2D eigenvalue weighted by molar-refractivity contribution is 7.89. The number of carbonyl (C=O) groups is 1. The molecule has 0 bridgehead atoms. The molecule has 0 fully saturated rings. The van der Waals surface area contributed by atoms with E-state index in [-0.39, 0.29) is 10.6 Å². The minimum Gasteiger partial charge on any atom is -0.321 e. The second-order valence-corrected chi connectivity index (χ2v) is 4.42. The summed E-state index contributed by atoms with van der Waals surface area (Å²) < 4.78 is 45.4. The number of anilines is 1. The molecular formula is C8H8F2N2O3S. The Labute approximate surface area is 90.3 Å². The maximum Gasteiger partial charge on any atom is 0.315 e. The van der Waals surface area contributed by atoms with Gasteiger partial charge in [0, 0.05) is 5.69 Å². The van der Waals surface area contributed by atoms with Gasteiger partial charge >= 0.3 is 6.43 Å². The third-order valence-corrected chi connectivity index (χ3v) is 2.58. The molecule has 0 radical (unpaired) electrons. The summed E-state index contributed by atoms with van der Waals surface area (Å²) in [4.78, 5) is 10.4. The summed E-state index contributed by atoms with van der Waals surface area (Å²) in [6.45, 7) is 0. The molecule has 0 saturated carbocycles. The number of nitrogens with two attached hydrogens (primary N) is 1. The molecule has 0 atom stereocenters. The zero-order chi connectivity index (χ0) is 12.3. The molecule has 0 aliphatic rings. The first kappa shape index (κ1) is 12.5. The number of amides is 1. The van der Waals surface area contributed by atoms with Crippen molar-refractivity contribution in [1.82, 2.24) is 0 Å². The van der Waals surface area contributed by atoms with Gasteiger partial charge in [-0.1, -0.05) is 0 Å². The van der Waals surface area contributed by atoms with Crippen molar-refractivity contribution in [3.8, 4) is 0 Å². The molecule has 1 aromatic carbocycles. The highest BCUT2D eigenvalue weighted by Gasteiger charge is 2.15. The standard InChI is InChI=1S/C8H8F2N2O3S/c9-7(10)8(13)12-5-1-3-6(4-2-5)16(11,14)15/h1-4,7H,(H,12,13)(H2,11,14,15). The van der Waals surface area contributed by atoms with E-state index in [9.17, 15) is 22.0 Å². The Kier molecular flexibility index (Phi) is 3.55. The number of halogens is 2. The summed E-state index contributed by atoms with van der Waals surface area (Å²) in [5, 5.41) is 6.72. The van der Waals surface area contributed by atoms with Gasteiger partial charge in [0.1, 0.15) is 0 Å². The van der Waals surface area contributed by atoms with Gasteiger partial charge in [-0.3, -0.25) is 4.79 Å². The molecule has 1 amide bonds. The molecule has 5 nitrogen and oxygen atoms in total. The number of sulfonamides is 1. The van der Waals surface area contributed by atoms with Crippen LogP contribution in [-0.4, -0.2) is 20.8 Å². The van der Waals surface area contributed by atoms with Crippen LogP contribution in [0.2, 0.25) is 0 Å². The maximum absolute atomic E-state index is 11.9. The zero-order valence-corrected chi connectivity index (χ0v) is 8.67. The lowest BCUT2D eigenvalue weighted by molar-refractivity contribution is -0.126. The number of alkyl halides is 2. The number of hydrogen-bond acceptors (Lipinski definition) is 3. The van der Waals surface area contributed by atoms with E-state index in [4.69, 9.17) is 5.14 Å². The van der Waals surface area contributed by atoms with E-state index in [0.717, 1.165) is 12.1 Å². The Morgan fingerprint density at radius 1 is 1.25 bits per heavy atom. The van der Waals surface area contributed by atoms with Crippen LogP contribution in [0.15, 0.2) is 29.2 Å². The number of rotatable bonds is 3. The van der Waals surface area contributed by atoms with Crippen LogP contribution >= 0.6 is 0 Å². The van der Waals surface area contributed by atoms with E-state index in [1.165, 1.54) is 12.1 Å². The SMILES string of the molecule is NS(=O)(=O)c1ccc(NC(=O)C(F)F)cc1. The summed E-state index contributed by atoms with van der Waals surface area (Å²) in [7, 11) is -3.83. The predicted molar refractivity (Wildman–Crippen MR) is 52.4 cm³/mol. The van der Waals surface area contributed by atoms with Gasteiger partial charge < -0.3 is 5.32 Å². The molecule has 0 aliphatic heterocycles. The van der Waals surface area contributed by atoms with Crippen molar-refractivity contribution in [2.75, 3.05) is 5.32 Å². The van der Waals surface area contributed by atoms with Crippen molar-refractivity contribution in [1.29, 1.82) is 0 Å². The summed E-state index contributed by atoms with van der Waals surface area (Å²) in [5.74, 6) is -1.46. The normalized spacial score (nSPS) is 11.5. The van der Waals surface area contributed by atoms with Gasteiger partial charge in [0.25, 0.3) is 5.91 Å². The van der Waals surface area contributed by atoms with E-state index in [1.807, 2.05) is 5.32 Å². The summed E-state index contributed by atoms with van der Waals surface area (Å²) in [6, 6.07) is 4.55. The molecule has 3 N–H and O–H groups in total. The topological polar surface area (TPSA) is 89.3 Å². The van der Waals surface area contributed by atoms with E-state index in [1.54, 1.807) is 0 Å². The van der Waals surface area contributed by atoms with E-state index < -0.39 is 22.4 Å². The third-order valence-electron chi connectivity index (χ3n) is 1.65. The average molecular weight is 250 g/mol. The minimum atomic E-state index is -3.83. The van der Waals surface area contributed by atoms with Gasteiger partial charge in [0.2, 0.25) is 10.0 Å². The largest absolute Gasteiger partial charge is 0.321 e. The van der Waals surface area contributed by atoms with Gasteiger partial charge in [-0.05, 0) is 24.3 Å². The van der Waals surface area contributed by atoms with Crippen LogP contribution in [0, 0.1) is 0 Å². The molecule has 1 aromatic rings. The van der Waals surface area contributed by atoms with Crippen molar-refractivity contribution in [3.05, 3.63) is 24.3 Å². The predicted octanol–water partition coefficient (Wildman–Crippen LogP) is 0.538. The van der Waals surface area contributed by atoms with Crippen molar-refractivity contribution < 1.29 is 22.0 Å². The molecule has 0 aromatic heterocycles. The van der Waals surface area contributed by atoms with Crippen molar-refractivity contribution in [2.45, 2.75) is 11.3 Å². The van der Waals surface area contributed by atoms with Gasteiger partial charge in [-0.15, -0.1) is 0 Å². The Morgan fingerprint density at radius 3 is 2.12 bits per heavy atom. The number of hydrogen-bond donors (Lipinski definition) is 2. The lowest BCUT2D eigenvalue weighted by Crippen LogP contribution is -2.20. The first-order valence-electron chi connectivity index (χ1n) is 4.02. The quantitative estimate of drug-likeness (QED) is 0.820. The summed E-state index contributed by atoms with van der Waals surface area (Å²) >= 11 is 0. The molecule has 0 saturated heterocycles. The summed E-state index contributed by atoms with van der Waals surface area (Å²) in [5.41, 5.74) is 0.0673. The lowest BCUT2D eigenvalue weighted by atomic mass is 10.3. The molecule has 8 heteroatoms. The number of carbonyl (C=O) groups excluding carboxylic acids is 1. The van der Waals surface area contributed by atoms with Crippen LogP contribution in [0.1, 0.15) is 0 Å². The maximum atomic E-state index is 11.9. The van der Waals surface area contributed by atoms with E-state index >= 15 is 0 Å². The molecule has 0 unspecified atom stereocenters. The van der Waals surface area contributed by atoms with Crippen molar-refractivity contribution >= 4 is 21.6 Å². The minimum absolute atomic E-state index is 0.0673. The molecule has 0 heterocycles. The monoisotopic (exact) mass is 250 g/mol. The molecule has 0 aliphatic carbocycles. The average Bonchev–Trinajstić information content (AvgIpc) is 2.17. The van der Waals surface area contributed by atoms with Crippen LogP contribution in [0.5, 0.6) is 0 Å². The molecular weight excluding hydrogens is 242 g/mol. The first-order chi connectivity index (χ1) is 7.30. The first-order valence-corrected chi connectivity index (χ1v) is 5.57. The Hall–Kier alpha value is -1.54. The Morgan fingerprint density at radius 2 is 1.75 bits per heavy atom. The van der Waals surface area contributed by atoms with Gasteiger partial charge in [-0.25, -0.2) is 13.6 Å². The van der Waals surface area contributed by atoms with Crippen molar-refractivity contribution in [3.63, 3.8) is 0 Å². The highest BCUT2D eigenvalue weighted by atomic mass is 32.2. The van der Waals surface area contributed by atoms with Crippen molar-refractivity contribution in [2.24, 2.45) is 5.14 Å². The van der Waals surface area contributed by atoms with Crippen LogP contribution in [0.25, 0.3) is 0 Å². The fourth-order valence-corrected chi connectivity index (χ4v) is 1.44. The lowest BCUT2D eigenvalue weighted by Gasteiger charge is -2.04. The summed E-state index contributed by atoms with van der Waals surface area (Å²) in [6.07, 6.45) is -3.13. The highest BCUT2D eigenvalue weighted by Crippen LogP contribution is 2.13.